The van der Waals surface area contributed by atoms with Crippen LogP contribution >= 0.6 is 0 Å². The molecule has 2 aromatic rings. The number of nitriles is 1. The Balaban J connectivity index is 2.39. The molecule has 1 aromatic heterocycles. The van der Waals surface area contributed by atoms with E-state index < -0.39 is 0 Å². The van der Waals surface area contributed by atoms with E-state index in [4.69, 9.17) is 5.26 Å². The highest BCUT2D eigenvalue weighted by Gasteiger charge is 2.09. The van der Waals surface area contributed by atoms with E-state index in [-0.39, 0.29) is 5.82 Å². The molecule has 0 radical (unpaired) electrons. The summed E-state index contributed by atoms with van der Waals surface area (Å²) in [6.45, 7) is 1.80. The molecular weight excluding hydrogens is 231 g/mol. The van der Waals surface area contributed by atoms with E-state index in [1.54, 1.807) is 37.1 Å². The Morgan fingerprint density at radius 2 is 1.89 bits per heavy atom. The van der Waals surface area contributed by atoms with Crippen LogP contribution in [-0.2, 0) is 0 Å². The van der Waals surface area contributed by atoms with Crippen LogP contribution in [0, 0.1) is 24.1 Å². The molecule has 0 fully saturated rings. The fraction of sp³-hybridized carbons (Fsp3) is 0.154. The molecule has 0 spiro atoms. The fourth-order valence-corrected chi connectivity index (χ4v) is 1.54. The molecule has 90 valence electrons. The number of halogens is 1. The Hall–Kier alpha value is -2.48. The summed E-state index contributed by atoms with van der Waals surface area (Å²) >= 11 is 0. The number of benzene rings is 1. The molecule has 5 heteroatoms. The third kappa shape index (κ3) is 2.43. The maximum Gasteiger partial charge on any atom is 0.231 e. The Morgan fingerprint density at radius 3 is 2.50 bits per heavy atom. The average molecular weight is 242 g/mol. The zero-order chi connectivity index (χ0) is 13.1. The summed E-state index contributed by atoms with van der Waals surface area (Å²) in [6.07, 6.45) is 0. The predicted molar refractivity (Wildman–Crippen MR) is 65.9 cm³/mol. The monoisotopic (exact) mass is 242 g/mol. The number of aryl methyl sites for hydroxylation is 1. The van der Waals surface area contributed by atoms with Gasteiger partial charge in [-0.05, 0) is 37.3 Å². The Kier molecular flexibility index (Phi) is 3.20. The van der Waals surface area contributed by atoms with Crippen LogP contribution in [0.5, 0.6) is 0 Å². The van der Waals surface area contributed by atoms with E-state index in [0.717, 1.165) is 5.69 Å². The first-order valence-corrected chi connectivity index (χ1v) is 5.35. The van der Waals surface area contributed by atoms with E-state index in [2.05, 4.69) is 9.97 Å². The maximum absolute atomic E-state index is 12.8. The van der Waals surface area contributed by atoms with Crippen LogP contribution in [0.15, 0.2) is 30.3 Å². The van der Waals surface area contributed by atoms with Gasteiger partial charge in [-0.2, -0.15) is 5.26 Å². The van der Waals surface area contributed by atoms with Crippen LogP contribution in [0.3, 0.4) is 0 Å². The minimum Gasteiger partial charge on any atom is -0.314 e. The van der Waals surface area contributed by atoms with Gasteiger partial charge in [-0.1, -0.05) is 0 Å². The van der Waals surface area contributed by atoms with Gasteiger partial charge in [0, 0.05) is 18.4 Å². The van der Waals surface area contributed by atoms with Crippen molar-refractivity contribution < 1.29 is 4.39 Å². The lowest BCUT2D eigenvalue weighted by Gasteiger charge is -2.17. The molecule has 1 heterocycles. The molecule has 2 rings (SSSR count). The quantitative estimate of drug-likeness (QED) is 0.812. The van der Waals surface area contributed by atoms with Gasteiger partial charge in [-0.15, -0.1) is 0 Å². The summed E-state index contributed by atoms with van der Waals surface area (Å²) in [5.74, 6) is 0.119. The van der Waals surface area contributed by atoms with Gasteiger partial charge in [0.05, 0.1) is 0 Å². The van der Waals surface area contributed by atoms with Crippen LogP contribution in [0.4, 0.5) is 16.0 Å². The van der Waals surface area contributed by atoms with Crippen LogP contribution in [0.2, 0.25) is 0 Å². The number of hydrogen-bond donors (Lipinski definition) is 0. The van der Waals surface area contributed by atoms with Crippen molar-refractivity contribution in [1.82, 2.24) is 9.97 Å². The Labute approximate surface area is 104 Å². The van der Waals surface area contributed by atoms with Crippen molar-refractivity contribution in [3.63, 3.8) is 0 Å². The third-order valence-electron chi connectivity index (χ3n) is 2.47. The van der Waals surface area contributed by atoms with Gasteiger partial charge in [0.15, 0.2) is 0 Å². The lowest BCUT2D eigenvalue weighted by Crippen LogP contribution is -2.14. The molecule has 1 aromatic carbocycles. The molecule has 0 bridgehead atoms. The zero-order valence-corrected chi connectivity index (χ0v) is 10.1. The van der Waals surface area contributed by atoms with Crippen molar-refractivity contribution in [3.8, 4) is 6.07 Å². The minimum absolute atomic E-state index is 0.296. The summed E-state index contributed by atoms with van der Waals surface area (Å²) < 4.78 is 12.8. The SMILES string of the molecule is Cc1cc(C#N)nc(N(C)c2ccc(F)cc2)n1. The molecule has 0 atom stereocenters. The highest BCUT2D eigenvalue weighted by molar-refractivity contribution is 5.56. The molecule has 0 unspecified atom stereocenters. The van der Waals surface area contributed by atoms with Crippen molar-refractivity contribution in [2.45, 2.75) is 6.92 Å². The number of anilines is 2. The lowest BCUT2D eigenvalue weighted by molar-refractivity contribution is 0.628. The molecular formula is C13H11FN4. The summed E-state index contributed by atoms with van der Waals surface area (Å²) in [7, 11) is 1.77. The largest absolute Gasteiger partial charge is 0.314 e. The molecule has 0 aliphatic carbocycles. The summed E-state index contributed by atoms with van der Waals surface area (Å²) in [6, 6.07) is 9.60. The number of aromatic nitrogens is 2. The minimum atomic E-state index is -0.296. The number of hydrogen-bond acceptors (Lipinski definition) is 4. The molecule has 4 nitrogen and oxygen atoms in total. The van der Waals surface area contributed by atoms with Crippen molar-refractivity contribution in [2.24, 2.45) is 0 Å². The summed E-state index contributed by atoms with van der Waals surface area (Å²) in [5, 5.41) is 8.87. The second-order valence-electron chi connectivity index (χ2n) is 3.84. The second-order valence-corrected chi connectivity index (χ2v) is 3.84. The molecule has 0 aliphatic heterocycles. The molecule has 0 saturated carbocycles. The van der Waals surface area contributed by atoms with Gasteiger partial charge in [0.25, 0.3) is 0 Å². The van der Waals surface area contributed by atoms with Gasteiger partial charge >= 0.3 is 0 Å². The Morgan fingerprint density at radius 1 is 1.22 bits per heavy atom. The number of nitrogens with zero attached hydrogens (tertiary/aromatic N) is 4. The standard InChI is InChI=1S/C13H11FN4/c1-9-7-11(8-15)17-13(16-9)18(2)12-5-3-10(14)4-6-12/h3-7H,1-2H3. The van der Waals surface area contributed by atoms with E-state index in [1.807, 2.05) is 6.07 Å². The van der Waals surface area contributed by atoms with Gasteiger partial charge in [0.1, 0.15) is 17.6 Å². The first-order chi connectivity index (χ1) is 8.60. The van der Waals surface area contributed by atoms with Gasteiger partial charge in [-0.3, -0.25) is 0 Å². The van der Waals surface area contributed by atoms with Gasteiger partial charge < -0.3 is 4.90 Å². The summed E-state index contributed by atoms with van der Waals surface area (Å²) in [4.78, 5) is 10.1. The van der Waals surface area contributed by atoms with Crippen LogP contribution < -0.4 is 4.90 Å². The molecule has 0 amide bonds. The zero-order valence-electron chi connectivity index (χ0n) is 10.1. The molecule has 0 saturated heterocycles. The van der Waals surface area contributed by atoms with Crippen LogP contribution in [0.1, 0.15) is 11.4 Å². The predicted octanol–water partition coefficient (Wildman–Crippen LogP) is 2.56. The molecule has 0 N–H and O–H groups in total. The number of rotatable bonds is 2. The Bertz CT molecular complexity index is 601. The van der Waals surface area contributed by atoms with E-state index >= 15 is 0 Å². The smallest absolute Gasteiger partial charge is 0.231 e. The van der Waals surface area contributed by atoms with Crippen molar-refractivity contribution >= 4 is 11.6 Å². The lowest BCUT2D eigenvalue weighted by atomic mass is 10.3. The van der Waals surface area contributed by atoms with E-state index in [9.17, 15) is 4.39 Å². The summed E-state index contributed by atoms with van der Waals surface area (Å²) in [5.41, 5.74) is 1.78. The van der Waals surface area contributed by atoms with Crippen LogP contribution in [-0.4, -0.2) is 17.0 Å². The molecule has 18 heavy (non-hydrogen) atoms. The molecule has 0 aliphatic rings. The fourth-order valence-electron chi connectivity index (χ4n) is 1.54. The van der Waals surface area contributed by atoms with Gasteiger partial charge in [-0.25, -0.2) is 14.4 Å². The highest BCUT2D eigenvalue weighted by atomic mass is 19.1. The normalized spacial score (nSPS) is 9.89. The maximum atomic E-state index is 12.8. The van der Waals surface area contributed by atoms with Gasteiger partial charge in [0.2, 0.25) is 5.95 Å². The van der Waals surface area contributed by atoms with Crippen molar-refractivity contribution in [2.75, 3.05) is 11.9 Å². The second kappa shape index (κ2) is 4.80. The van der Waals surface area contributed by atoms with Crippen molar-refractivity contribution in [3.05, 3.63) is 47.5 Å². The topological polar surface area (TPSA) is 52.8 Å². The van der Waals surface area contributed by atoms with E-state index in [1.165, 1.54) is 12.1 Å². The highest BCUT2D eigenvalue weighted by Crippen LogP contribution is 2.20. The third-order valence-corrected chi connectivity index (χ3v) is 2.47. The average Bonchev–Trinajstić information content (AvgIpc) is 2.38. The first kappa shape index (κ1) is 12.0. The van der Waals surface area contributed by atoms with E-state index in [0.29, 0.717) is 17.3 Å². The first-order valence-electron chi connectivity index (χ1n) is 5.35. The van der Waals surface area contributed by atoms with Crippen LogP contribution in [0.25, 0.3) is 0 Å². The van der Waals surface area contributed by atoms with Crippen molar-refractivity contribution in [1.29, 1.82) is 5.26 Å².